The van der Waals surface area contributed by atoms with E-state index in [1.165, 1.54) is 38.6 Å². The van der Waals surface area contributed by atoms with Gasteiger partial charge in [0, 0.05) is 38.8 Å². The van der Waals surface area contributed by atoms with Gasteiger partial charge in [-0.15, -0.1) is 0 Å². The minimum atomic E-state index is -3.23. The average molecular weight is 414 g/mol. The summed E-state index contributed by atoms with van der Waals surface area (Å²) < 4.78 is 27.0. The number of aliphatic imine (C=N–C) groups is 1. The van der Waals surface area contributed by atoms with Crippen LogP contribution in [-0.2, 0) is 10.0 Å². The standard InChI is InChI=1S/C20H39N5O2S/c1-2-21-20(22-11-13-28(26,27)23-14-17-8-5-9-17)24-19-10-12-25(16-19)15-18-6-3-4-7-18/h17-19,23H,2-16H2,1H3,(H2,21,22,24). The Kier molecular flexibility index (Phi) is 8.41. The van der Waals surface area contributed by atoms with Gasteiger partial charge in [0.05, 0.1) is 12.3 Å². The molecular formula is C20H39N5O2S. The monoisotopic (exact) mass is 413 g/mol. The van der Waals surface area contributed by atoms with Crippen LogP contribution in [0.4, 0.5) is 0 Å². The van der Waals surface area contributed by atoms with Crippen LogP contribution < -0.4 is 15.4 Å². The summed E-state index contributed by atoms with van der Waals surface area (Å²) in [5.41, 5.74) is 0. The van der Waals surface area contributed by atoms with Gasteiger partial charge in [-0.1, -0.05) is 19.3 Å². The maximum absolute atomic E-state index is 12.1. The van der Waals surface area contributed by atoms with E-state index in [1.54, 1.807) is 0 Å². The van der Waals surface area contributed by atoms with Crippen LogP contribution in [0.15, 0.2) is 4.99 Å². The van der Waals surface area contributed by atoms with Crippen molar-refractivity contribution in [1.29, 1.82) is 0 Å². The molecule has 0 aromatic carbocycles. The molecule has 1 unspecified atom stereocenters. The van der Waals surface area contributed by atoms with E-state index >= 15 is 0 Å². The molecule has 0 bridgehead atoms. The van der Waals surface area contributed by atoms with Gasteiger partial charge >= 0.3 is 0 Å². The molecule has 1 aliphatic heterocycles. The molecule has 7 nitrogen and oxygen atoms in total. The quantitative estimate of drug-likeness (QED) is 0.373. The van der Waals surface area contributed by atoms with Gasteiger partial charge < -0.3 is 15.5 Å². The zero-order valence-electron chi connectivity index (χ0n) is 17.5. The topological polar surface area (TPSA) is 85.8 Å². The van der Waals surface area contributed by atoms with Crippen LogP contribution in [0.2, 0.25) is 0 Å². The maximum Gasteiger partial charge on any atom is 0.213 e. The van der Waals surface area contributed by atoms with Crippen LogP contribution in [0.3, 0.4) is 0 Å². The number of hydrogen-bond acceptors (Lipinski definition) is 4. The van der Waals surface area contributed by atoms with Crippen LogP contribution in [-0.4, -0.2) is 70.3 Å². The van der Waals surface area contributed by atoms with Crippen molar-refractivity contribution in [2.45, 2.75) is 64.3 Å². The fourth-order valence-electron chi connectivity index (χ4n) is 4.48. The molecule has 3 aliphatic rings. The van der Waals surface area contributed by atoms with E-state index in [0.717, 1.165) is 50.8 Å². The van der Waals surface area contributed by atoms with Crippen molar-refractivity contribution in [3.8, 4) is 0 Å². The summed E-state index contributed by atoms with van der Waals surface area (Å²) in [6.45, 7) is 7.12. The minimum absolute atomic E-state index is 0.0504. The van der Waals surface area contributed by atoms with Crippen LogP contribution in [0.5, 0.6) is 0 Å². The van der Waals surface area contributed by atoms with E-state index in [2.05, 4.69) is 25.2 Å². The van der Waals surface area contributed by atoms with Crippen molar-refractivity contribution < 1.29 is 8.42 Å². The van der Waals surface area contributed by atoms with Gasteiger partial charge in [0.25, 0.3) is 0 Å². The molecule has 3 fully saturated rings. The van der Waals surface area contributed by atoms with Crippen LogP contribution in [0, 0.1) is 11.8 Å². The Morgan fingerprint density at radius 1 is 1.07 bits per heavy atom. The zero-order chi connectivity index (χ0) is 19.8. The zero-order valence-corrected chi connectivity index (χ0v) is 18.3. The highest BCUT2D eigenvalue weighted by molar-refractivity contribution is 7.89. The summed E-state index contributed by atoms with van der Waals surface area (Å²) in [5.74, 6) is 2.21. The second kappa shape index (κ2) is 10.8. The molecule has 0 aromatic heterocycles. The number of nitrogens with zero attached hydrogens (tertiary/aromatic N) is 2. The molecule has 0 aromatic rings. The van der Waals surface area contributed by atoms with Crippen LogP contribution in [0.1, 0.15) is 58.3 Å². The summed E-state index contributed by atoms with van der Waals surface area (Å²) in [7, 11) is -3.23. The molecule has 1 heterocycles. The van der Waals surface area contributed by atoms with Gasteiger partial charge in [0.1, 0.15) is 0 Å². The summed E-state index contributed by atoms with van der Waals surface area (Å²) >= 11 is 0. The fourth-order valence-corrected chi connectivity index (χ4v) is 5.44. The second-order valence-electron chi connectivity index (χ2n) is 8.76. The molecule has 3 N–H and O–H groups in total. The minimum Gasteiger partial charge on any atom is -0.357 e. The number of guanidine groups is 1. The van der Waals surface area contributed by atoms with Gasteiger partial charge in [-0.25, -0.2) is 13.1 Å². The third kappa shape index (κ3) is 7.19. The third-order valence-corrected chi connectivity index (χ3v) is 7.72. The van der Waals surface area contributed by atoms with E-state index < -0.39 is 10.0 Å². The first-order valence-electron chi connectivity index (χ1n) is 11.3. The average Bonchev–Trinajstić information content (AvgIpc) is 3.26. The highest BCUT2D eigenvalue weighted by Crippen LogP contribution is 2.27. The summed E-state index contributed by atoms with van der Waals surface area (Å²) in [6.07, 6.45) is 10.2. The SMILES string of the molecule is CCNC(=NCCS(=O)(=O)NCC1CCC1)NC1CCN(CC2CCCC2)C1. The maximum atomic E-state index is 12.1. The Bertz CT molecular complexity index is 600. The van der Waals surface area contributed by atoms with E-state index in [9.17, 15) is 8.42 Å². The fraction of sp³-hybridized carbons (Fsp3) is 0.950. The number of hydrogen-bond donors (Lipinski definition) is 3. The van der Waals surface area contributed by atoms with E-state index in [0.29, 0.717) is 18.5 Å². The molecule has 162 valence electrons. The summed E-state index contributed by atoms with van der Waals surface area (Å²) in [4.78, 5) is 7.08. The number of nitrogens with one attached hydrogen (secondary N) is 3. The van der Waals surface area contributed by atoms with Crippen molar-refractivity contribution >= 4 is 16.0 Å². The Morgan fingerprint density at radius 2 is 1.82 bits per heavy atom. The second-order valence-corrected chi connectivity index (χ2v) is 10.7. The molecule has 0 amide bonds. The van der Waals surface area contributed by atoms with E-state index in [1.807, 2.05) is 6.92 Å². The van der Waals surface area contributed by atoms with Crippen molar-refractivity contribution in [2.75, 3.05) is 45.0 Å². The first-order chi connectivity index (χ1) is 13.5. The van der Waals surface area contributed by atoms with E-state index in [-0.39, 0.29) is 12.3 Å². The lowest BCUT2D eigenvalue weighted by Gasteiger charge is -2.25. The Labute approximate surface area is 171 Å². The van der Waals surface area contributed by atoms with Gasteiger partial charge in [0.15, 0.2) is 5.96 Å². The first-order valence-corrected chi connectivity index (χ1v) is 12.9. The predicted octanol–water partition coefficient (Wildman–Crippen LogP) is 1.53. The highest BCUT2D eigenvalue weighted by atomic mass is 32.2. The van der Waals surface area contributed by atoms with Crippen molar-refractivity contribution in [1.82, 2.24) is 20.3 Å². The molecule has 2 saturated carbocycles. The van der Waals surface area contributed by atoms with Gasteiger partial charge in [-0.05, 0) is 50.9 Å². The molecule has 28 heavy (non-hydrogen) atoms. The van der Waals surface area contributed by atoms with Gasteiger partial charge in [-0.3, -0.25) is 4.99 Å². The van der Waals surface area contributed by atoms with Crippen molar-refractivity contribution in [3.63, 3.8) is 0 Å². The van der Waals surface area contributed by atoms with Crippen molar-refractivity contribution in [3.05, 3.63) is 0 Å². The van der Waals surface area contributed by atoms with Crippen LogP contribution in [0.25, 0.3) is 0 Å². The summed E-state index contributed by atoms with van der Waals surface area (Å²) in [5, 5.41) is 6.77. The molecule has 0 radical (unpaired) electrons. The lowest BCUT2D eigenvalue weighted by Crippen LogP contribution is -2.45. The first kappa shape index (κ1) is 21.8. The lowest BCUT2D eigenvalue weighted by molar-refractivity contribution is 0.275. The Balaban J connectivity index is 1.39. The number of sulfonamides is 1. The molecule has 0 spiro atoms. The predicted molar refractivity (Wildman–Crippen MR) is 115 cm³/mol. The molecule has 1 saturated heterocycles. The van der Waals surface area contributed by atoms with Crippen LogP contribution >= 0.6 is 0 Å². The van der Waals surface area contributed by atoms with Gasteiger partial charge in [-0.2, -0.15) is 0 Å². The summed E-state index contributed by atoms with van der Waals surface area (Å²) in [6, 6.07) is 0.396. The third-order valence-electron chi connectivity index (χ3n) is 6.40. The lowest BCUT2D eigenvalue weighted by atomic mass is 9.86. The smallest absolute Gasteiger partial charge is 0.213 e. The van der Waals surface area contributed by atoms with Gasteiger partial charge in [0.2, 0.25) is 10.0 Å². The normalized spacial score (nSPS) is 25.2. The number of likely N-dealkylation sites (tertiary alicyclic amines) is 1. The molecule has 3 rings (SSSR count). The Hall–Kier alpha value is -0.860. The number of rotatable bonds is 10. The molecule has 8 heteroatoms. The van der Waals surface area contributed by atoms with Crippen molar-refractivity contribution in [2.24, 2.45) is 16.8 Å². The largest absolute Gasteiger partial charge is 0.357 e. The van der Waals surface area contributed by atoms with E-state index in [4.69, 9.17) is 0 Å². The highest BCUT2D eigenvalue weighted by Gasteiger charge is 2.26. The molecule has 1 atom stereocenters. The molecule has 2 aliphatic carbocycles. The molecular weight excluding hydrogens is 374 g/mol. The Morgan fingerprint density at radius 3 is 2.50 bits per heavy atom.